The molecule has 1 saturated heterocycles. The van der Waals surface area contributed by atoms with Gasteiger partial charge in [0.15, 0.2) is 0 Å². The van der Waals surface area contributed by atoms with Crippen LogP contribution in [0.5, 0.6) is 0 Å². The normalized spacial score (nSPS) is 14.7. The molecule has 0 saturated carbocycles. The number of halogens is 1. The van der Waals surface area contributed by atoms with Crippen molar-refractivity contribution in [1.82, 2.24) is 30.1 Å². The van der Waals surface area contributed by atoms with Crippen LogP contribution in [0.3, 0.4) is 0 Å². The summed E-state index contributed by atoms with van der Waals surface area (Å²) in [6, 6.07) is 21.7. The maximum absolute atomic E-state index is 13.9. The van der Waals surface area contributed by atoms with E-state index < -0.39 is 11.9 Å². The van der Waals surface area contributed by atoms with Gasteiger partial charge in [-0.15, -0.1) is 5.10 Å². The molecule has 202 valence electrons. The van der Waals surface area contributed by atoms with Gasteiger partial charge < -0.3 is 15.0 Å². The van der Waals surface area contributed by atoms with Crippen LogP contribution >= 0.6 is 0 Å². The lowest BCUT2D eigenvalue weighted by Gasteiger charge is -2.34. The highest BCUT2D eigenvalue weighted by Crippen LogP contribution is 2.23. The van der Waals surface area contributed by atoms with Gasteiger partial charge in [-0.3, -0.25) is 14.5 Å². The maximum atomic E-state index is 13.9. The van der Waals surface area contributed by atoms with Crippen molar-refractivity contribution in [3.8, 4) is 0 Å². The number of benzene rings is 3. The van der Waals surface area contributed by atoms with Crippen molar-refractivity contribution in [3.63, 3.8) is 0 Å². The van der Waals surface area contributed by atoms with Gasteiger partial charge in [0.2, 0.25) is 11.8 Å². The third kappa shape index (κ3) is 6.65. The lowest BCUT2D eigenvalue weighted by Crippen LogP contribution is -2.49. The molecule has 1 fully saturated rings. The molecule has 10 heteroatoms. The highest BCUT2D eigenvalue weighted by atomic mass is 19.1. The third-order valence-electron chi connectivity index (χ3n) is 6.84. The molecule has 4 aromatic rings. The first-order chi connectivity index (χ1) is 19.1. The second-order valence-corrected chi connectivity index (χ2v) is 9.43. The Labute approximate surface area is 226 Å². The number of nitrogens with one attached hydrogen (secondary N) is 1. The monoisotopic (exact) mass is 530 g/mol. The molecule has 2 amide bonds. The summed E-state index contributed by atoms with van der Waals surface area (Å²) in [5, 5.41) is 11.3. The molecular weight excluding hydrogens is 499 g/mol. The second kappa shape index (κ2) is 12.6. The minimum absolute atomic E-state index is 0.0900. The van der Waals surface area contributed by atoms with Crippen LogP contribution in [-0.4, -0.2) is 76.0 Å². The van der Waals surface area contributed by atoms with Crippen LogP contribution in [-0.2, 0) is 27.4 Å². The van der Waals surface area contributed by atoms with E-state index in [4.69, 9.17) is 4.74 Å². The van der Waals surface area contributed by atoms with E-state index in [1.165, 1.54) is 12.1 Å². The van der Waals surface area contributed by atoms with Gasteiger partial charge in [0, 0.05) is 32.7 Å². The van der Waals surface area contributed by atoms with E-state index in [1.54, 1.807) is 21.7 Å². The summed E-state index contributed by atoms with van der Waals surface area (Å²) in [4.78, 5) is 31.4. The minimum Gasteiger partial charge on any atom is -0.379 e. The second-order valence-electron chi connectivity index (χ2n) is 9.43. The number of rotatable bonds is 10. The Balaban J connectivity index is 1.44. The van der Waals surface area contributed by atoms with E-state index in [-0.39, 0.29) is 18.4 Å². The number of carbonyl (C=O) groups excluding carboxylic acids is 2. The van der Waals surface area contributed by atoms with Crippen LogP contribution in [0.25, 0.3) is 11.0 Å². The first-order valence-corrected chi connectivity index (χ1v) is 13.0. The summed E-state index contributed by atoms with van der Waals surface area (Å²) < 4.78 is 20.9. The van der Waals surface area contributed by atoms with Gasteiger partial charge >= 0.3 is 0 Å². The van der Waals surface area contributed by atoms with Crippen LogP contribution in [0.15, 0.2) is 78.9 Å². The van der Waals surface area contributed by atoms with Gasteiger partial charge in [0.25, 0.3) is 0 Å². The average molecular weight is 531 g/mol. The Morgan fingerprint density at radius 1 is 0.974 bits per heavy atom. The molecule has 1 aliphatic heterocycles. The summed E-state index contributed by atoms with van der Waals surface area (Å²) in [5.41, 5.74) is 2.87. The van der Waals surface area contributed by atoms with Crippen molar-refractivity contribution >= 4 is 22.8 Å². The molecule has 0 aliphatic carbocycles. The smallest absolute Gasteiger partial charge is 0.247 e. The standard InChI is InChI=1S/C29H31FN6O3/c30-24-12-10-23(11-13-24)28(29(38)31-20-22-6-2-1-3-7-22)35(15-14-34-16-18-39-19-17-34)27(37)21-36-26-9-5-4-8-25(26)32-33-36/h1-13,28H,14-21H2,(H,31,38)/t28-/m1/s1. The van der Waals surface area contributed by atoms with E-state index in [2.05, 4.69) is 20.5 Å². The first kappa shape index (κ1) is 26.5. The number of hydrogen-bond acceptors (Lipinski definition) is 6. The predicted molar refractivity (Wildman–Crippen MR) is 144 cm³/mol. The predicted octanol–water partition coefficient (Wildman–Crippen LogP) is 2.79. The van der Waals surface area contributed by atoms with Crippen LogP contribution in [0.2, 0.25) is 0 Å². The number of aromatic nitrogens is 3. The fourth-order valence-electron chi connectivity index (χ4n) is 4.72. The Bertz CT molecular complexity index is 1390. The van der Waals surface area contributed by atoms with Gasteiger partial charge in [-0.2, -0.15) is 0 Å². The molecule has 3 aromatic carbocycles. The maximum Gasteiger partial charge on any atom is 0.247 e. The van der Waals surface area contributed by atoms with Crippen molar-refractivity contribution in [2.45, 2.75) is 19.1 Å². The van der Waals surface area contributed by atoms with E-state index in [1.807, 2.05) is 54.6 Å². The number of fused-ring (bicyclic) bond motifs is 1. The molecule has 1 aromatic heterocycles. The molecule has 0 radical (unpaired) electrons. The number of carbonyl (C=O) groups is 2. The van der Waals surface area contributed by atoms with E-state index in [9.17, 15) is 14.0 Å². The topological polar surface area (TPSA) is 92.6 Å². The van der Waals surface area contributed by atoms with Gasteiger partial charge in [-0.1, -0.05) is 59.8 Å². The van der Waals surface area contributed by atoms with Crippen molar-refractivity contribution in [1.29, 1.82) is 0 Å². The average Bonchev–Trinajstić information content (AvgIpc) is 3.38. The molecule has 2 heterocycles. The summed E-state index contributed by atoms with van der Waals surface area (Å²) in [7, 11) is 0. The molecule has 9 nitrogen and oxygen atoms in total. The zero-order chi connectivity index (χ0) is 27.0. The first-order valence-electron chi connectivity index (χ1n) is 13.0. The van der Waals surface area contributed by atoms with Crippen molar-refractivity contribution in [2.24, 2.45) is 0 Å². The molecule has 0 bridgehead atoms. The number of nitrogens with zero attached hydrogens (tertiary/aromatic N) is 5. The summed E-state index contributed by atoms with van der Waals surface area (Å²) in [6.07, 6.45) is 0. The Hall–Kier alpha value is -4.15. The summed E-state index contributed by atoms with van der Waals surface area (Å²) in [6.45, 7) is 3.82. The number of morpholine rings is 1. The SMILES string of the molecule is O=C(NCc1ccccc1)[C@@H](c1ccc(F)cc1)N(CCN1CCOCC1)C(=O)Cn1nnc2ccccc21. The number of hydrogen-bond donors (Lipinski definition) is 1. The van der Waals surface area contributed by atoms with Gasteiger partial charge in [0.1, 0.15) is 23.9 Å². The molecule has 1 aliphatic rings. The molecule has 1 N–H and O–H groups in total. The molecule has 5 rings (SSSR count). The minimum atomic E-state index is -0.961. The fraction of sp³-hybridized carbons (Fsp3) is 0.310. The Morgan fingerprint density at radius 3 is 2.46 bits per heavy atom. The number of amides is 2. The summed E-state index contributed by atoms with van der Waals surface area (Å²) in [5.74, 6) is -1.05. The van der Waals surface area contributed by atoms with Crippen molar-refractivity contribution in [2.75, 3.05) is 39.4 Å². The lowest BCUT2D eigenvalue weighted by molar-refractivity contribution is -0.142. The van der Waals surface area contributed by atoms with Gasteiger partial charge in [-0.05, 0) is 35.4 Å². The largest absolute Gasteiger partial charge is 0.379 e. The molecular formula is C29H31FN6O3. The third-order valence-corrected chi connectivity index (χ3v) is 6.84. The van der Waals surface area contributed by atoms with Crippen LogP contribution in [0, 0.1) is 5.82 Å². The quantitative estimate of drug-likeness (QED) is 0.339. The van der Waals surface area contributed by atoms with Crippen molar-refractivity contribution in [3.05, 3.63) is 95.8 Å². The zero-order valence-electron chi connectivity index (χ0n) is 21.6. The van der Waals surface area contributed by atoms with Crippen LogP contribution in [0.4, 0.5) is 4.39 Å². The van der Waals surface area contributed by atoms with Gasteiger partial charge in [-0.25, -0.2) is 9.07 Å². The van der Waals surface area contributed by atoms with E-state index in [0.29, 0.717) is 43.9 Å². The lowest BCUT2D eigenvalue weighted by atomic mass is 10.0. The fourth-order valence-corrected chi connectivity index (χ4v) is 4.72. The zero-order valence-corrected chi connectivity index (χ0v) is 21.6. The Morgan fingerprint density at radius 2 is 1.69 bits per heavy atom. The van der Waals surface area contributed by atoms with E-state index in [0.717, 1.165) is 24.2 Å². The van der Waals surface area contributed by atoms with Gasteiger partial charge in [0.05, 0.1) is 18.7 Å². The highest BCUT2D eigenvalue weighted by molar-refractivity contribution is 5.89. The molecule has 1 atom stereocenters. The Kier molecular flexibility index (Phi) is 8.55. The number of para-hydroxylation sites is 1. The number of ether oxygens (including phenoxy) is 1. The molecule has 39 heavy (non-hydrogen) atoms. The highest BCUT2D eigenvalue weighted by Gasteiger charge is 2.32. The summed E-state index contributed by atoms with van der Waals surface area (Å²) >= 11 is 0. The van der Waals surface area contributed by atoms with Crippen LogP contribution < -0.4 is 5.32 Å². The van der Waals surface area contributed by atoms with E-state index >= 15 is 0 Å². The molecule has 0 unspecified atom stereocenters. The van der Waals surface area contributed by atoms with Crippen LogP contribution in [0.1, 0.15) is 17.2 Å². The van der Waals surface area contributed by atoms with Crippen molar-refractivity contribution < 1.29 is 18.7 Å². The molecule has 0 spiro atoms.